The number of rotatable bonds is 7. The van der Waals surface area contributed by atoms with Gasteiger partial charge in [0.2, 0.25) is 0 Å². The number of carboxylic acid groups (broad SMARTS) is 1. The summed E-state index contributed by atoms with van der Waals surface area (Å²) in [5, 5.41) is 9.82. The number of nitrogen functional groups attached to an aromatic ring is 2. The number of fused-ring (bicyclic) bond motifs is 3. The third-order valence-electron chi connectivity index (χ3n) is 8.16. The molecular formula is C38H28N2O4. The molecule has 0 saturated heterocycles. The van der Waals surface area contributed by atoms with Crippen molar-refractivity contribution in [2.24, 2.45) is 0 Å². The van der Waals surface area contributed by atoms with E-state index in [2.05, 4.69) is 30.3 Å². The Morgan fingerprint density at radius 1 is 0.545 bits per heavy atom. The number of hydrogen-bond acceptors (Lipinski definition) is 5. The van der Waals surface area contributed by atoms with Gasteiger partial charge in [-0.05, 0) is 94.0 Å². The molecular weight excluding hydrogens is 548 g/mol. The van der Waals surface area contributed by atoms with Gasteiger partial charge in [0.05, 0.1) is 22.4 Å². The maximum absolute atomic E-state index is 12.0. The van der Waals surface area contributed by atoms with E-state index in [4.69, 9.17) is 20.9 Å². The molecule has 1 aliphatic carbocycles. The summed E-state index contributed by atoms with van der Waals surface area (Å²) in [6.45, 7) is 0. The van der Waals surface area contributed by atoms with Gasteiger partial charge in [0.25, 0.3) is 0 Å². The maximum Gasteiger partial charge on any atom is 0.335 e. The minimum Gasteiger partial charge on any atom is -0.478 e. The first kappa shape index (κ1) is 26.9. The van der Waals surface area contributed by atoms with Crippen molar-refractivity contribution in [3.05, 3.63) is 167 Å². The van der Waals surface area contributed by atoms with E-state index in [1.54, 1.807) is 24.3 Å². The summed E-state index contributed by atoms with van der Waals surface area (Å²) in [5.74, 6) is 1.51. The lowest BCUT2D eigenvalue weighted by Crippen LogP contribution is -2.28. The molecule has 6 nitrogen and oxygen atoms in total. The minimum absolute atomic E-state index is 0.239. The fourth-order valence-electron chi connectivity index (χ4n) is 6.15. The van der Waals surface area contributed by atoms with Gasteiger partial charge in [-0.3, -0.25) is 0 Å². The predicted octanol–water partition coefficient (Wildman–Crippen LogP) is 8.50. The lowest BCUT2D eigenvalue weighted by molar-refractivity contribution is 0.0697. The fraction of sp³-hybridized carbons (Fsp3) is 0.0263. The molecule has 0 radical (unpaired) electrons. The van der Waals surface area contributed by atoms with Gasteiger partial charge in [-0.2, -0.15) is 0 Å². The molecule has 0 heterocycles. The average molecular weight is 577 g/mol. The first-order valence-corrected chi connectivity index (χ1v) is 14.2. The average Bonchev–Trinajstić information content (AvgIpc) is 3.34. The maximum atomic E-state index is 12.0. The van der Waals surface area contributed by atoms with Crippen LogP contribution in [0.25, 0.3) is 11.1 Å². The highest BCUT2D eigenvalue weighted by atomic mass is 16.5. The molecule has 6 aromatic carbocycles. The number of aromatic carboxylic acids is 1. The second-order valence-electron chi connectivity index (χ2n) is 10.7. The largest absolute Gasteiger partial charge is 0.478 e. The van der Waals surface area contributed by atoms with E-state index in [1.165, 1.54) is 0 Å². The van der Waals surface area contributed by atoms with Crippen molar-refractivity contribution in [1.82, 2.24) is 0 Å². The Hall–Kier alpha value is -6.01. The third-order valence-corrected chi connectivity index (χ3v) is 8.16. The van der Waals surface area contributed by atoms with Crippen molar-refractivity contribution >= 4 is 17.3 Å². The first-order valence-electron chi connectivity index (χ1n) is 14.2. The van der Waals surface area contributed by atoms with Crippen LogP contribution in [-0.4, -0.2) is 11.1 Å². The lowest BCUT2D eigenvalue weighted by Gasteiger charge is -2.34. The number of nitrogens with two attached hydrogens (primary N) is 2. The topological polar surface area (TPSA) is 108 Å². The van der Waals surface area contributed by atoms with Crippen LogP contribution < -0.4 is 20.9 Å². The Labute approximate surface area is 254 Å². The van der Waals surface area contributed by atoms with E-state index in [1.807, 2.05) is 84.9 Å². The van der Waals surface area contributed by atoms with E-state index in [0.717, 1.165) is 33.4 Å². The fourth-order valence-corrected chi connectivity index (χ4v) is 6.15. The highest BCUT2D eigenvalue weighted by Gasteiger charge is 2.46. The van der Waals surface area contributed by atoms with Crippen LogP contribution in [0.15, 0.2) is 140 Å². The second kappa shape index (κ2) is 10.7. The van der Waals surface area contributed by atoms with Gasteiger partial charge in [-0.15, -0.1) is 0 Å². The number of carboxylic acids is 1. The minimum atomic E-state index is -0.967. The number of anilines is 2. The van der Waals surface area contributed by atoms with Crippen molar-refractivity contribution in [1.29, 1.82) is 0 Å². The molecule has 1 aliphatic rings. The third kappa shape index (κ3) is 4.41. The number of ether oxygens (including phenoxy) is 2. The Bertz CT molecular complexity index is 1930. The summed E-state index contributed by atoms with van der Waals surface area (Å²) in [6, 6.07) is 44.3. The van der Waals surface area contributed by atoms with Crippen molar-refractivity contribution < 1.29 is 19.4 Å². The summed E-state index contributed by atoms with van der Waals surface area (Å²) < 4.78 is 12.2. The second-order valence-corrected chi connectivity index (χ2v) is 10.7. The molecule has 214 valence electrons. The summed E-state index contributed by atoms with van der Waals surface area (Å²) >= 11 is 0. The van der Waals surface area contributed by atoms with Crippen LogP contribution in [0.1, 0.15) is 32.6 Å². The van der Waals surface area contributed by atoms with Gasteiger partial charge in [-0.25, -0.2) is 4.79 Å². The first-order chi connectivity index (χ1) is 21.4. The van der Waals surface area contributed by atoms with E-state index in [-0.39, 0.29) is 5.56 Å². The molecule has 0 atom stereocenters. The van der Waals surface area contributed by atoms with Crippen LogP contribution in [-0.2, 0) is 5.41 Å². The molecule has 0 fully saturated rings. The molecule has 0 spiro atoms. The van der Waals surface area contributed by atoms with E-state index in [9.17, 15) is 9.90 Å². The van der Waals surface area contributed by atoms with Crippen LogP contribution in [0.3, 0.4) is 0 Å². The summed E-state index contributed by atoms with van der Waals surface area (Å²) in [5.41, 5.74) is 18.8. The van der Waals surface area contributed by atoms with Crippen LogP contribution in [0, 0.1) is 0 Å². The molecule has 0 amide bonds. The summed E-state index contributed by atoms with van der Waals surface area (Å²) in [6.07, 6.45) is 0. The molecule has 7 rings (SSSR count). The Balaban J connectivity index is 1.39. The van der Waals surface area contributed by atoms with Crippen molar-refractivity contribution in [2.45, 2.75) is 5.41 Å². The van der Waals surface area contributed by atoms with E-state index < -0.39 is 11.4 Å². The quantitative estimate of drug-likeness (QED) is 0.164. The Kier molecular flexibility index (Phi) is 6.52. The van der Waals surface area contributed by atoms with Crippen molar-refractivity contribution in [3.63, 3.8) is 0 Å². The lowest BCUT2D eigenvalue weighted by atomic mass is 9.67. The monoisotopic (exact) mass is 576 g/mol. The van der Waals surface area contributed by atoms with Crippen molar-refractivity contribution in [2.75, 3.05) is 11.5 Å². The highest BCUT2D eigenvalue weighted by Crippen LogP contribution is 2.56. The molecule has 0 unspecified atom stereocenters. The smallest absolute Gasteiger partial charge is 0.335 e. The molecule has 0 bridgehead atoms. The van der Waals surface area contributed by atoms with Crippen LogP contribution in [0.2, 0.25) is 0 Å². The van der Waals surface area contributed by atoms with Gasteiger partial charge in [0.15, 0.2) is 0 Å². The molecule has 0 aliphatic heterocycles. The van der Waals surface area contributed by atoms with Gasteiger partial charge in [0, 0.05) is 0 Å². The van der Waals surface area contributed by atoms with Gasteiger partial charge in [0.1, 0.15) is 23.0 Å². The normalized spacial score (nSPS) is 12.6. The zero-order valence-electron chi connectivity index (χ0n) is 23.6. The molecule has 6 heteroatoms. The van der Waals surface area contributed by atoms with E-state index >= 15 is 0 Å². The zero-order chi connectivity index (χ0) is 30.3. The molecule has 5 N–H and O–H groups in total. The van der Waals surface area contributed by atoms with Crippen molar-refractivity contribution in [3.8, 4) is 34.1 Å². The molecule has 44 heavy (non-hydrogen) atoms. The van der Waals surface area contributed by atoms with Crippen LogP contribution in [0.4, 0.5) is 11.4 Å². The Morgan fingerprint density at radius 2 is 1.02 bits per heavy atom. The molecule has 0 saturated carbocycles. The summed E-state index contributed by atoms with van der Waals surface area (Å²) in [7, 11) is 0. The number of para-hydroxylation sites is 4. The predicted molar refractivity (Wildman–Crippen MR) is 173 cm³/mol. The molecule has 0 aromatic heterocycles. The summed E-state index contributed by atoms with van der Waals surface area (Å²) in [4.78, 5) is 12.0. The van der Waals surface area contributed by atoms with Gasteiger partial charge in [-0.1, -0.05) is 78.9 Å². The standard InChI is InChI=1S/C38H28N2O4/c39-33-9-3-5-11-35(33)43-27-18-14-25(15-19-27)38(26-16-20-28(21-17-26)44-36-12-6-4-10-34(36)40)31-8-2-1-7-29(31)30-23-24(37(41)42)13-22-32(30)38/h1-23H,39-40H2,(H,41,42). The number of benzene rings is 6. The molecule has 6 aromatic rings. The Morgan fingerprint density at radius 3 is 1.55 bits per heavy atom. The van der Waals surface area contributed by atoms with Gasteiger partial charge >= 0.3 is 5.97 Å². The van der Waals surface area contributed by atoms with E-state index in [0.29, 0.717) is 34.4 Å². The number of carbonyl (C=O) groups is 1. The highest BCUT2D eigenvalue weighted by molar-refractivity contribution is 5.93. The van der Waals surface area contributed by atoms with Crippen LogP contribution in [0.5, 0.6) is 23.0 Å². The number of hydrogen-bond donors (Lipinski definition) is 3. The SMILES string of the molecule is Nc1ccccc1Oc1ccc(C2(c3ccc(Oc4ccccc4N)cc3)c3ccccc3-c3cc(C(=O)O)ccc32)cc1. The zero-order valence-corrected chi connectivity index (χ0v) is 23.6. The van der Waals surface area contributed by atoms with Crippen LogP contribution >= 0.6 is 0 Å². The van der Waals surface area contributed by atoms with Gasteiger partial charge < -0.3 is 26.0 Å².